The molecule has 0 saturated carbocycles. The maximum Gasteiger partial charge on any atom is 0.00975 e. The van der Waals surface area contributed by atoms with Crippen LogP contribution in [0.15, 0.2) is 24.3 Å². The van der Waals surface area contributed by atoms with Crippen LogP contribution in [0.2, 0.25) is 0 Å². The molecule has 1 aliphatic rings. The third-order valence-electron chi connectivity index (χ3n) is 3.53. The topological polar surface area (TPSA) is 0 Å². The first-order valence-electron chi connectivity index (χ1n) is 5.91. The molecular weight excluding hydrogens is 260 g/mol. The lowest BCUT2D eigenvalue weighted by Crippen LogP contribution is -2.20. The highest BCUT2D eigenvalue weighted by molar-refractivity contribution is 9.09. The summed E-state index contributed by atoms with van der Waals surface area (Å²) in [7, 11) is 0. The van der Waals surface area contributed by atoms with Gasteiger partial charge in [-0.05, 0) is 34.4 Å². The van der Waals surface area contributed by atoms with Gasteiger partial charge in [0.1, 0.15) is 0 Å². The molecule has 0 nitrogen and oxygen atoms in total. The number of rotatable bonds is 2. The van der Waals surface area contributed by atoms with Crippen LogP contribution in [0.25, 0.3) is 6.08 Å². The molecule has 0 aliphatic heterocycles. The van der Waals surface area contributed by atoms with E-state index >= 15 is 0 Å². The first-order valence-corrected chi connectivity index (χ1v) is 7.03. The van der Waals surface area contributed by atoms with Gasteiger partial charge >= 0.3 is 0 Å². The highest BCUT2D eigenvalue weighted by Crippen LogP contribution is 2.36. The number of benzene rings is 1. The number of halogens is 1. The van der Waals surface area contributed by atoms with Gasteiger partial charge in [-0.2, -0.15) is 0 Å². The van der Waals surface area contributed by atoms with Crippen molar-refractivity contribution in [1.82, 2.24) is 0 Å². The lowest BCUT2D eigenvalue weighted by Gasteiger charge is -2.30. The molecule has 2 rings (SSSR count). The summed E-state index contributed by atoms with van der Waals surface area (Å²) in [6, 6.07) is 6.92. The third kappa shape index (κ3) is 2.10. The van der Waals surface area contributed by atoms with Crippen molar-refractivity contribution in [2.75, 3.05) is 5.33 Å². The first kappa shape index (κ1) is 11.9. The van der Waals surface area contributed by atoms with Crippen molar-refractivity contribution in [1.29, 1.82) is 0 Å². The van der Waals surface area contributed by atoms with Gasteiger partial charge in [0.2, 0.25) is 0 Å². The molecule has 1 heteroatoms. The van der Waals surface area contributed by atoms with Crippen molar-refractivity contribution in [2.24, 2.45) is 0 Å². The fourth-order valence-electron chi connectivity index (χ4n) is 2.29. The summed E-state index contributed by atoms with van der Waals surface area (Å²) in [6.07, 6.45) is 5.69. The van der Waals surface area contributed by atoms with Crippen LogP contribution in [-0.4, -0.2) is 5.33 Å². The molecule has 1 aromatic carbocycles. The molecule has 0 radical (unpaired) electrons. The number of fused-ring (bicyclic) bond motifs is 1. The van der Waals surface area contributed by atoms with Gasteiger partial charge in [0.15, 0.2) is 0 Å². The van der Waals surface area contributed by atoms with Gasteiger partial charge in [-0.3, -0.25) is 0 Å². The molecule has 0 bridgehead atoms. The van der Waals surface area contributed by atoms with Crippen molar-refractivity contribution in [3.63, 3.8) is 0 Å². The number of hydrogen-bond acceptors (Lipinski definition) is 0. The summed E-state index contributed by atoms with van der Waals surface area (Å²) in [5, 5.41) is 1.03. The second-order valence-corrected chi connectivity index (χ2v) is 6.04. The van der Waals surface area contributed by atoms with Crippen LogP contribution in [0.1, 0.15) is 49.8 Å². The molecule has 1 aliphatic carbocycles. The van der Waals surface area contributed by atoms with Crippen LogP contribution in [-0.2, 0) is 5.41 Å². The van der Waals surface area contributed by atoms with Crippen molar-refractivity contribution >= 4 is 22.0 Å². The van der Waals surface area contributed by atoms with E-state index in [0.717, 1.165) is 11.8 Å². The summed E-state index contributed by atoms with van der Waals surface area (Å²) >= 11 is 3.56. The summed E-state index contributed by atoms with van der Waals surface area (Å²) in [4.78, 5) is 0. The zero-order valence-corrected chi connectivity index (χ0v) is 11.8. The molecule has 0 fully saturated rings. The van der Waals surface area contributed by atoms with Crippen LogP contribution in [0.4, 0.5) is 0 Å². The Morgan fingerprint density at radius 2 is 2.12 bits per heavy atom. The average Bonchev–Trinajstić information content (AvgIpc) is 2.27. The molecular formula is C15H19Br. The van der Waals surface area contributed by atoms with Gasteiger partial charge in [0.25, 0.3) is 0 Å². The van der Waals surface area contributed by atoms with Gasteiger partial charge in [-0.25, -0.2) is 0 Å². The molecule has 1 aromatic rings. The van der Waals surface area contributed by atoms with E-state index in [1.165, 1.54) is 16.7 Å². The predicted octanol–water partition coefficient (Wildman–Crippen LogP) is 4.88. The Balaban J connectivity index is 2.48. The lowest BCUT2D eigenvalue weighted by atomic mass is 9.75. The molecule has 0 amide bonds. The Morgan fingerprint density at radius 3 is 2.81 bits per heavy atom. The Hall–Kier alpha value is -0.560. The van der Waals surface area contributed by atoms with E-state index in [9.17, 15) is 0 Å². The summed E-state index contributed by atoms with van der Waals surface area (Å²) in [5.41, 5.74) is 4.62. The van der Waals surface area contributed by atoms with Crippen LogP contribution in [0, 0.1) is 0 Å². The van der Waals surface area contributed by atoms with Gasteiger partial charge < -0.3 is 0 Å². The minimum absolute atomic E-state index is 0.284. The standard InChI is InChI=1S/C15H19Br/c1-11(10-16)13-7-6-12-5-4-8-15(2,3)14(12)9-13/h4-7,9,11H,8,10H2,1-3H3. The summed E-state index contributed by atoms with van der Waals surface area (Å²) in [5.74, 6) is 0.590. The maximum absolute atomic E-state index is 3.56. The normalized spacial score (nSPS) is 19.2. The molecule has 0 heterocycles. The first-order chi connectivity index (χ1) is 7.54. The quantitative estimate of drug-likeness (QED) is 0.677. The van der Waals surface area contributed by atoms with E-state index in [1.54, 1.807) is 0 Å². The van der Waals surface area contributed by atoms with E-state index in [4.69, 9.17) is 0 Å². The number of alkyl halides is 1. The largest absolute Gasteiger partial charge is 0.0922 e. The lowest BCUT2D eigenvalue weighted by molar-refractivity contribution is 0.527. The van der Waals surface area contributed by atoms with Crippen LogP contribution < -0.4 is 0 Å². The smallest absolute Gasteiger partial charge is 0.00975 e. The molecule has 1 unspecified atom stereocenters. The van der Waals surface area contributed by atoms with E-state index in [1.807, 2.05) is 0 Å². The van der Waals surface area contributed by atoms with Crippen molar-refractivity contribution < 1.29 is 0 Å². The monoisotopic (exact) mass is 278 g/mol. The van der Waals surface area contributed by atoms with E-state index in [-0.39, 0.29) is 5.41 Å². The molecule has 1 atom stereocenters. The van der Waals surface area contributed by atoms with Gasteiger partial charge in [0.05, 0.1) is 0 Å². The Labute approximate surface area is 107 Å². The second-order valence-electron chi connectivity index (χ2n) is 5.39. The van der Waals surface area contributed by atoms with Crippen LogP contribution in [0.3, 0.4) is 0 Å². The molecule has 0 N–H and O–H groups in total. The molecule has 86 valence electrons. The molecule has 0 spiro atoms. The Morgan fingerprint density at radius 1 is 1.38 bits per heavy atom. The fraction of sp³-hybridized carbons (Fsp3) is 0.467. The highest BCUT2D eigenvalue weighted by Gasteiger charge is 2.25. The van der Waals surface area contributed by atoms with Gasteiger partial charge in [0, 0.05) is 5.33 Å². The Bertz CT molecular complexity index is 415. The number of allylic oxidation sites excluding steroid dienone is 1. The Kier molecular flexibility index (Phi) is 3.25. The zero-order valence-electron chi connectivity index (χ0n) is 10.3. The van der Waals surface area contributed by atoms with Gasteiger partial charge in [-0.15, -0.1) is 0 Å². The van der Waals surface area contributed by atoms with Gasteiger partial charge in [-0.1, -0.05) is 67.1 Å². The number of hydrogen-bond donors (Lipinski definition) is 0. The third-order valence-corrected chi connectivity index (χ3v) is 4.50. The molecule has 0 aromatic heterocycles. The van der Waals surface area contributed by atoms with Crippen molar-refractivity contribution in [3.8, 4) is 0 Å². The highest BCUT2D eigenvalue weighted by atomic mass is 79.9. The van der Waals surface area contributed by atoms with E-state index < -0.39 is 0 Å². The SMILES string of the molecule is CC(CBr)c1ccc2c(c1)C(C)(C)CC=C2. The minimum atomic E-state index is 0.284. The summed E-state index contributed by atoms with van der Waals surface area (Å²) < 4.78 is 0. The van der Waals surface area contributed by atoms with Crippen molar-refractivity contribution in [2.45, 2.75) is 38.5 Å². The predicted molar refractivity (Wildman–Crippen MR) is 75.3 cm³/mol. The van der Waals surface area contributed by atoms with Crippen LogP contribution >= 0.6 is 15.9 Å². The molecule has 16 heavy (non-hydrogen) atoms. The minimum Gasteiger partial charge on any atom is -0.0922 e. The molecule has 0 saturated heterocycles. The maximum atomic E-state index is 3.56. The average molecular weight is 279 g/mol. The van der Waals surface area contributed by atoms with E-state index in [0.29, 0.717) is 5.92 Å². The second kappa shape index (κ2) is 4.37. The fourth-order valence-corrected chi connectivity index (χ4v) is 2.67. The van der Waals surface area contributed by atoms with E-state index in [2.05, 4.69) is 67.1 Å². The zero-order chi connectivity index (χ0) is 11.8. The summed E-state index contributed by atoms with van der Waals surface area (Å²) in [6.45, 7) is 6.93. The van der Waals surface area contributed by atoms with Crippen LogP contribution in [0.5, 0.6) is 0 Å². The van der Waals surface area contributed by atoms with Crippen molar-refractivity contribution in [3.05, 3.63) is 41.0 Å².